The normalized spacial score (nSPS) is 14.9. The fraction of sp³-hybridized carbons (Fsp3) is 0.167. The number of para-hydroxylation sites is 1. The number of likely N-dealkylation sites (N-methyl/N-ethyl adjacent to an activating group) is 1. The maximum atomic E-state index is 13.3. The van der Waals surface area contributed by atoms with Crippen molar-refractivity contribution in [3.8, 4) is 11.8 Å². The largest absolute Gasteiger partial charge is 0.487 e. The second-order valence-corrected chi connectivity index (χ2v) is 9.17. The monoisotopic (exact) mass is 459 g/mol. The van der Waals surface area contributed by atoms with Crippen LogP contribution in [0.25, 0.3) is 22.0 Å². The second kappa shape index (κ2) is 8.73. The van der Waals surface area contributed by atoms with E-state index in [0.29, 0.717) is 23.5 Å². The van der Waals surface area contributed by atoms with E-state index in [2.05, 4.69) is 11.1 Å². The Kier molecular flexibility index (Phi) is 5.58. The van der Waals surface area contributed by atoms with E-state index in [1.54, 1.807) is 17.0 Å². The van der Waals surface area contributed by atoms with Gasteiger partial charge in [0.2, 0.25) is 0 Å². The third-order valence-corrected chi connectivity index (χ3v) is 6.71. The van der Waals surface area contributed by atoms with Gasteiger partial charge in [-0.3, -0.25) is 4.79 Å². The topological polar surface area (TPSA) is 66.2 Å². The van der Waals surface area contributed by atoms with Gasteiger partial charge < -0.3 is 9.64 Å². The quantitative estimate of drug-likeness (QED) is 0.376. The van der Waals surface area contributed by atoms with Crippen molar-refractivity contribution in [3.63, 3.8) is 0 Å². The number of carbonyl (C=O) groups is 1. The van der Waals surface area contributed by atoms with E-state index in [0.717, 1.165) is 33.3 Å². The minimum Gasteiger partial charge on any atom is -0.487 e. The van der Waals surface area contributed by atoms with Crippen LogP contribution in [0.15, 0.2) is 84.9 Å². The highest BCUT2D eigenvalue weighted by Crippen LogP contribution is 2.45. The van der Waals surface area contributed by atoms with Gasteiger partial charge in [-0.15, -0.1) is 0 Å². The van der Waals surface area contributed by atoms with E-state index in [1.807, 2.05) is 93.7 Å². The van der Waals surface area contributed by atoms with Gasteiger partial charge in [0.15, 0.2) is 0 Å². The van der Waals surface area contributed by atoms with Crippen LogP contribution in [0.3, 0.4) is 0 Å². The maximum Gasteiger partial charge on any atom is 0.255 e. The van der Waals surface area contributed by atoms with Crippen LogP contribution in [-0.4, -0.2) is 28.4 Å². The first-order chi connectivity index (χ1) is 16.9. The highest BCUT2D eigenvalue weighted by atomic mass is 16.5. The van der Waals surface area contributed by atoms with Gasteiger partial charge in [0.1, 0.15) is 12.4 Å². The van der Waals surface area contributed by atoms with Crippen molar-refractivity contribution in [1.82, 2.24) is 9.88 Å². The number of pyridine rings is 1. The molecule has 5 nitrogen and oxygen atoms in total. The van der Waals surface area contributed by atoms with E-state index in [9.17, 15) is 4.79 Å². The van der Waals surface area contributed by atoms with Crippen molar-refractivity contribution in [1.29, 1.82) is 5.26 Å². The molecule has 1 amide bonds. The van der Waals surface area contributed by atoms with Crippen molar-refractivity contribution < 1.29 is 9.53 Å². The molecule has 2 heterocycles. The smallest absolute Gasteiger partial charge is 0.255 e. The molecule has 0 radical (unpaired) electrons. The van der Waals surface area contributed by atoms with E-state index in [4.69, 9.17) is 10.00 Å². The van der Waals surface area contributed by atoms with Gasteiger partial charge in [0.25, 0.3) is 5.91 Å². The first-order valence-corrected chi connectivity index (χ1v) is 11.5. The molecule has 0 aliphatic carbocycles. The number of ether oxygens (including phenoxy) is 1. The van der Waals surface area contributed by atoms with Crippen molar-refractivity contribution >= 4 is 28.0 Å². The molecular weight excluding hydrogens is 434 g/mol. The summed E-state index contributed by atoms with van der Waals surface area (Å²) in [6.45, 7) is 4.44. The lowest BCUT2D eigenvalue weighted by Crippen LogP contribution is -2.39. The lowest BCUT2D eigenvalue weighted by molar-refractivity contribution is -0.125. The number of benzene rings is 3. The Balaban J connectivity index is 1.43. The molecule has 0 unspecified atom stereocenters. The molecule has 4 aromatic rings. The Morgan fingerprint density at radius 1 is 0.914 bits per heavy atom. The minimum absolute atomic E-state index is 0.0246. The first-order valence-electron chi connectivity index (χ1n) is 11.5. The Labute approximate surface area is 204 Å². The van der Waals surface area contributed by atoms with Crippen molar-refractivity contribution in [2.45, 2.75) is 26.0 Å². The van der Waals surface area contributed by atoms with Gasteiger partial charge in [-0.1, -0.05) is 48.5 Å². The summed E-state index contributed by atoms with van der Waals surface area (Å²) in [5, 5.41) is 10.3. The third-order valence-electron chi connectivity index (χ3n) is 6.71. The molecule has 5 heteroatoms. The number of carbonyl (C=O) groups excluding carboxylic acids is 1. The van der Waals surface area contributed by atoms with Crippen molar-refractivity contribution in [2.24, 2.45) is 0 Å². The Morgan fingerprint density at radius 3 is 2.31 bits per heavy atom. The summed E-state index contributed by atoms with van der Waals surface area (Å²) in [6, 6.07) is 29.2. The zero-order chi connectivity index (χ0) is 24.6. The summed E-state index contributed by atoms with van der Waals surface area (Å²) in [5.41, 5.74) is 5.29. The number of nitrogens with zero attached hydrogens (tertiary/aromatic N) is 3. The molecule has 1 aromatic heterocycles. The molecule has 0 fully saturated rings. The van der Waals surface area contributed by atoms with Crippen LogP contribution in [-0.2, 0) is 11.4 Å². The predicted molar refractivity (Wildman–Crippen MR) is 137 cm³/mol. The van der Waals surface area contributed by atoms with Crippen LogP contribution in [0.2, 0.25) is 0 Å². The molecule has 0 saturated heterocycles. The Bertz CT molecular complexity index is 1490. The number of fused-ring (bicyclic) bond motifs is 1. The maximum absolute atomic E-state index is 13.3. The number of hydrogen-bond donors (Lipinski definition) is 0. The second-order valence-electron chi connectivity index (χ2n) is 9.17. The summed E-state index contributed by atoms with van der Waals surface area (Å²) in [6.07, 6.45) is 0. The molecule has 3 aromatic carbocycles. The molecule has 0 spiro atoms. The molecule has 0 N–H and O–H groups in total. The summed E-state index contributed by atoms with van der Waals surface area (Å²) >= 11 is 0. The van der Waals surface area contributed by atoms with Crippen molar-refractivity contribution in [2.75, 3.05) is 7.05 Å². The molecule has 1 aliphatic heterocycles. The average Bonchev–Trinajstić information content (AvgIpc) is 3.07. The molecule has 35 heavy (non-hydrogen) atoms. The lowest BCUT2D eigenvalue weighted by Gasteiger charge is -2.31. The number of aromatic nitrogens is 1. The van der Waals surface area contributed by atoms with Crippen LogP contribution >= 0.6 is 0 Å². The third kappa shape index (κ3) is 4.04. The molecule has 5 rings (SSSR count). The van der Waals surface area contributed by atoms with Crippen LogP contribution in [0.1, 0.15) is 36.2 Å². The fourth-order valence-corrected chi connectivity index (χ4v) is 4.54. The molecule has 0 bridgehead atoms. The Morgan fingerprint density at radius 2 is 1.60 bits per heavy atom. The van der Waals surface area contributed by atoms with Gasteiger partial charge in [0.05, 0.1) is 34.0 Å². The summed E-state index contributed by atoms with van der Waals surface area (Å²) < 4.78 is 5.98. The summed E-state index contributed by atoms with van der Waals surface area (Å²) in [7, 11) is 1.83. The lowest BCUT2D eigenvalue weighted by atomic mass is 9.85. The van der Waals surface area contributed by atoms with Crippen LogP contribution in [0.4, 0.5) is 0 Å². The molecule has 0 saturated carbocycles. The van der Waals surface area contributed by atoms with Crippen molar-refractivity contribution in [3.05, 3.63) is 107 Å². The van der Waals surface area contributed by atoms with Crippen LogP contribution in [0, 0.1) is 11.3 Å². The highest BCUT2D eigenvalue weighted by Gasteiger charge is 2.43. The van der Waals surface area contributed by atoms with E-state index in [-0.39, 0.29) is 5.91 Å². The van der Waals surface area contributed by atoms with Gasteiger partial charge in [-0.25, -0.2) is 4.98 Å². The van der Waals surface area contributed by atoms with Crippen LogP contribution in [0.5, 0.6) is 5.75 Å². The zero-order valence-corrected chi connectivity index (χ0v) is 19.9. The summed E-state index contributed by atoms with van der Waals surface area (Å²) in [4.78, 5) is 19.7. The summed E-state index contributed by atoms with van der Waals surface area (Å²) in [5.74, 6) is 0.686. The molecule has 0 atom stereocenters. The zero-order valence-electron chi connectivity index (χ0n) is 19.9. The average molecular weight is 460 g/mol. The molecular formula is C30H25N3O2. The van der Waals surface area contributed by atoms with Gasteiger partial charge in [0, 0.05) is 12.4 Å². The van der Waals surface area contributed by atoms with Gasteiger partial charge in [-0.05, 0) is 66.9 Å². The SMILES string of the molecule is CN1C(=O)C(c2ccc(OCc3ccc4ccccc4n3)cc2)=C(c2ccc(C#N)cc2)C1(C)C. The first kappa shape index (κ1) is 22.4. The minimum atomic E-state index is -0.489. The number of hydrogen-bond acceptors (Lipinski definition) is 4. The van der Waals surface area contributed by atoms with E-state index >= 15 is 0 Å². The number of nitriles is 1. The van der Waals surface area contributed by atoms with E-state index < -0.39 is 5.54 Å². The van der Waals surface area contributed by atoms with E-state index in [1.165, 1.54) is 0 Å². The Hall–Kier alpha value is -4.43. The molecule has 172 valence electrons. The van der Waals surface area contributed by atoms with Crippen LogP contribution < -0.4 is 4.74 Å². The fourth-order valence-electron chi connectivity index (χ4n) is 4.54. The standard InChI is InChI=1S/C30H25N3O2/c1-30(2)28(23-10-8-20(18-31)9-11-23)27(29(34)33(30)3)22-13-16-25(17-14-22)35-19-24-15-12-21-6-4-5-7-26(21)32-24/h4-17H,19H2,1-3H3. The van der Waals surface area contributed by atoms with Gasteiger partial charge in [-0.2, -0.15) is 5.26 Å². The molecule has 1 aliphatic rings. The number of amides is 1. The highest BCUT2D eigenvalue weighted by molar-refractivity contribution is 6.31. The number of rotatable bonds is 5. The van der Waals surface area contributed by atoms with Gasteiger partial charge >= 0.3 is 0 Å². The predicted octanol–water partition coefficient (Wildman–Crippen LogP) is 5.85.